The van der Waals surface area contributed by atoms with Gasteiger partial charge in [-0.2, -0.15) is 0 Å². The summed E-state index contributed by atoms with van der Waals surface area (Å²) in [5.41, 5.74) is 5.79. The SMILES string of the molecule is COc1cc(C=O)c(-c2c3c(OC)c(OC)c(OC)c2-c2cn[c]([nH]2)[In]2[CH]=C3c3cccc[c]32)c(OC)c1OC. The van der Waals surface area contributed by atoms with E-state index in [9.17, 15) is 4.79 Å². The van der Waals surface area contributed by atoms with Crippen LogP contribution in [0.4, 0.5) is 0 Å². The van der Waals surface area contributed by atoms with E-state index in [1.807, 2.05) is 12.3 Å². The van der Waals surface area contributed by atoms with Crippen molar-refractivity contribution in [3.63, 3.8) is 0 Å². The average molecular weight is 642 g/mol. The van der Waals surface area contributed by atoms with Gasteiger partial charge in [-0.15, -0.1) is 0 Å². The summed E-state index contributed by atoms with van der Waals surface area (Å²) in [5, 5.41) is 0. The molecule has 0 spiro atoms. The quantitative estimate of drug-likeness (QED) is 0.292. The van der Waals surface area contributed by atoms with E-state index in [4.69, 9.17) is 33.4 Å². The van der Waals surface area contributed by atoms with Gasteiger partial charge in [-0.1, -0.05) is 0 Å². The van der Waals surface area contributed by atoms with Gasteiger partial charge in [0.2, 0.25) is 0 Å². The fraction of sp³-hybridized carbons (Fsp3) is 0.200. The van der Waals surface area contributed by atoms with Crippen molar-refractivity contribution in [1.82, 2.24) is 9.97 Å². The van der Waals surface area contributed by atoms with E-state index in [0.717, 1.165) is 32.3 Å². The first-order chi connectivity index (χ1) is 19.6. The predicted molar refractivity (Wildman–Crippen MR) is 153 cm³/mol. The molecule has 3 aromatic carbocycles. The Morgan fingerprint density at radius 1 is 0.750 bits per heavy atom. The molecule has 6 bridgehead atoms. The number of aldehydes is 1. The van der Waals surface area contributed by atoms with Gasteiger partial charge < -0.3 is 0 Å². The number of rotatable bonds is 8. The Hall–Kier alpha value is -4.05. The molecular weight excluding hydrogens is 615 g/mol. The molecule has 40 heavy (non-hydrogen) atoms. The van der Waals surface area contributed by atoms with Crippen molar-refractivity contribution in [1.29, 1.82) is 0 Å². The number of H-pyrrole nitrogens is 1. The van der Waals surface area contributed by atoms with Crippen LogP contribution in [0.2, 0.25) is 0 Å². The molecule has 0 saturated carbocycles. The van der Waals surface area contributed by atoms with Crippen LogP contribution in [0.25, 0.3) is 28.0 Å². The number of nitrogens with zero attached hydrogens (tertiary/aromatic N) is 1. The number of fused-ring (bicyclic) bond motifs is 11. The van der Waals surface area contributed by atoms with Crippen LogP contribution in [0.5, 0.6) is 34.5 Å². The first-order valence-electron chi connectivity index (χ1n) is 12.6. The normalized spacial score (nSPS) is 12.4. The van der Waals surface area contributed by atoms with Gasteiger partial charge in [-0.25, -0.2) is 0 Å². The number of imidazole rings is 1. The molecule has 9 nitrogen and oxygen atoms in total. The fourth-order valence-electron chi connectivity index (χ4n) is 5.97. The maximum atomic E-state index is 12.7. The van der Waals surface area contributed by atoms with Crippen molar-refractivity contribution in [2.45, 2.75) is 0 Å². The minimum atomic E-state index is -2.78. The van der Waals surface area contributed by atoms with Gasteiger partial charge in [0.15, 0.2) is 0 Å². The molecule has 0 fully saturated rings. The van der Waals surface area contributed by atoms with Crippen LogP contribution in [-0.2, 0) is 0 Å². The summed E-state index contributed by atoms with van der Waals surface area (Å²) in [6.07, 6.45) is 2.60. The van der Waals surface area contributed by atoms with E-state index >= 15 is 0 Å². The zero-order valence-electron chi connectivity index (χ0n) is 23.0. The molecule has 1 N–H and O–H groups in total. The van der Waals surface area contributed by atoms with Crippen LogP contribution < -0.4 is 35.3 Å². The zero-order valence-corrected chi connectivity index (χ0v) is 26.3. The Morgan fingerprint density at radius 3 is 2.05 bits per heavy atom. The molecule has 0 unspecified atom stereocenters. The molecule has 0 radical (unpaired) electrons. The number of aromatic amines is 1. The molecule has 0 amide bonds. The summed E-state index contributed by atoms with van der Waals surface area (Å²) in [7, 11) is 9.35. The summed E-state index contributed by atoms with van der Waals surface area (Å²) >= 11 is -2.78. The van der Waals surface area contributed by atoms with E-state index in [1.165, 1.54) is 24.6 Å². The Kier molecular flexibility index (Phi) is 6.66. The summed E-state index contributed by atoms with van der Waals surface area (Å²) in [6, 6.07) is 10.1. The molecule has 0 saturated heterocycles. The van der Waals surface area contributed by atoms with Gasteiger partial charge in [0, 0.05) is 0 Å². The topological polar surface area (TPSA) is 101 Å². The van der Waals surface area contributed by atoms with Crippen molar-refractivity contribution in [2.75, 3.05) is 42.7 Å². The number of hydrogen-bond acceptors (Lipinski definition) is 8. The van der Waals surface area contributed by atoms with E-state index in [0.29, 0.717) is 56.8 Å². The minimum absolute atomic E-state index is 0.339. The van der Waals surface area contributed by atoms with Gasteiger partial charge in [0.05, 0.1) is 0 Å². The zero-order chi connectivity index (χ0) is 28.1. The van der Waals surface area contributed by atoms with Crippen molar-refractivity contribution >= 4 is 40.2 Å². The number of aromatic nitrogens is 2. The fourth-order valence-corrected chi connectivity index (χ4v) is 13.9. The van der Waals surface area contributed by atoms with Gasteiger partial charge in [0.25, 0.3) is 0 Å². The van der Waals surface area contributed by atoms with Crippen LogP contribution in [0.3, 0.4) is 0 Å². The van der Waals surface area contributed by atoms with Gasteiger partial charge >= 0.3 is 240 Å². The third-order valence-corrected chi connectivity index (χ3v) is 15.3. The second-order valence-electron chi connectivity index (χ2n) is 9.28. The van der Waals surface area contributed by atoms with Crippen LogP contribution in [0, 0.1) is 0 Å². The molecule has 1 aromatic heterocycles. The van der Waals surface area contributed by atoms with Crippen LogP contribution in [-0.4, -0.2) is 80.4 Å². The third-order valence-electron chi connectivity index (χ3n) is 7.56. The van der Waals surface area contributed by atoms with Crippen molar-refractivity contribution in [2.24, 2.45) is 0 Å². The van der Waals surface area contributed by atoms with Crippen molar-refractivity contribution in [3.05, 3.63) is 57.1 Å². The van der Waals surface area contributed by atoms with Crippen LogP contribution in [0.15, 0.2) is 40.4 Å². The number of ether oxygens (including phenoxy) is 6. The van der Waals surface area contributed by atoms with Gasteiger partial charge in [-0.3, -0.25) is 0 Å². The van der Waals surface area contributed by atoms with Crippen molar-refractivity contribution < 1.29 is 33.2 Å². The molecule has 0 atom stereocenters. The monoisotopic (exact) mass is 642 g/mol. The number of carbonyl (C=O) groups is 1. The summed E-state index contributed by atoms with van der Waals surface area (Å²) < 4.78 is 40.0. The second-order valence-corrected chi connectivity index (χ2v) is 16.3. The van der Waals surface area contributed by atoms with Gasteiger partial charge in [-0.05, 0) is 0 Å². The van der Waals surface area contributed by atoms with Crippen molar-refractivity contribution in [3.8, 4) is 56.9 Å². The molecule has 0 aliphatic carbocycles. The number of nitrogens with one attached hydrogen (secondary N) is 1. The number of carbonyl (C=O) groups excluding carboxylic acids is 1. The van der Waals surface area contributed by atoms with E-state index < -0.39 is 21.4 Å². The maximum absolute atomic E-state index is 12.7. The Bertz CT molecular complexity index is 1710. The second kappa shape index (κ2) is 10.2. The molecule has 10 heteroatoms. The Labute approximate surface area is 239 Å². The van der Waals surface area contributed by atoms with E-state index in [-0.39, 0.29) is 0 Å². The number of hydrogen-bond donors (Lipinski definition) is 1. The number of benzene rings is 3. The number of methoxy groups -OCH3 is 6. The average Bonchev–Trinajstić information content (AvgIpc) is 3.63. The molecule has 2 aliphatic heterocycles. The summed E-state index contributed by atoms with van der Waals surface area (Å²) in [5.74, 6) is 2.42. The Balaban J connectivity index is 1.91. The molecule has 6 rings (SSSR count). The van der Waals surface area contributed by atoms with Crippen LogP contribution in [0.1, 0.15) is 21.5 Å². The standard InChI is InChI=1S/C30H27N2O7.In/c1-17(18-11-9-8-10-12-18)22-25(23-19(15-33)13-21(34-2)26(35-3)28(23)37-5)24(20-14-31-16-32-20)29(38-6)30(39-7)27(22)36-4;/h1,8-11,13-15H,2-7H3,(H,31,32);. The third kappa shape index (κ3) is 3.55. The molecule has 4 aromatic rings. The van der Waals surface area contributed by atoms with Crippen LogP contribution >= 0.6 is 0 Å². The van der Waals surface area contributed by atoms with E-state index in [2.05, 4.69) is 27.0 Å². The predicted octanol–water partition coefficient (Wildman–Crippen LogP) is 3.51. The Morgan fingerprint density at radius 2 is 1.40 bits per heavy atom. The van der Waals surface area contributed by atoms with Gasteiger partial charge in [0.1, 0.15) is 0 Å². The summed E-state index contributed by atoms with van der Waals surface area (Å²) in [6.45, 7) is 0. The summed E-state index contributed by atoms with van der Waals surface area (Å²) in [4.78, 5) is 21.2. The van der Waals surface area contributed by atoms with E-state index in [1.54, 1.807) is 27.4 Å². The molecule has 3 heterocycles. The first-order valence-corrected chi connectivity index (χ1v) is 17.8. The first kappa shape index (κ1) is 26.2. The molecule has 202 valence electrons. The molecule has 2 aliphatic rings. The molecular formula is C30H27InN2O7.